The molecule has 2 aromatic rings. The van der Waals surface area contributed by atoms with Gasteiger partial charge in [0.15, 0.2) is 0 Å². The third-order valence-corrected chi connectivity index (χ3v) is 4.38. The summed E-state index contributed by atoms with van der Waals surface area (Å²) < 4.78 is 1.02. The number of fused-ring (bicyclic) bond motifs is 1. The first-order valence-corrected chi connectivity index (χ1v) is 7.96. The minimum atomic E-state index is 0.116. The minimum absolute atomic E-state index is 0.116. The Kier molecular flexibility index (Phi) is 4.06. The van der Waals surface area contributed by atoms with Crippen LogP contribution in [0.15, 0.2) is 41.0 Å². The van der Waals surface area contributed by atoms with E-state index < -0.39 is 0 Å². The van der Waals surface area contributed by atoms with E-state index >= 15 is 0 Å². The number of carbonyl (C=O) groups excluding carboxylic acids is 1. The topological polar surface area (TPSA) is 33.2 Å². The molecule has 0 aliphatic carbocycles. The van der Waals surface area contributed by atoms with Crippen LogP contribution in [0.3, 0.4) is 0 Å². The Bertz CT molecular complexity index is 718. The predicted octanol–water partition coefficient (Wildman–Crippen LogP) is 4.02. The molecule has 3 nitrogen and oxygen atoms in total. The fourth-order valence-electron chi connectivity index (χ4n) is 2.75. The molecule has 0 bridgehead atoms. The smallest absolute Gasteiger partial charge is 0.246 e. The van der Waals surface area contributed by atoms with Crippen LogP contribution >= 0.6 is 15.9 Å². The molecule has 0 N–H and O–H groups in total. The van der Waals surface area contributed by atoms with E-state index in [1.807, 2.05) is 30.0 Å². The van der Waals surface area contributed by atoms with Gasteiger partial charge in [-0.1, -0.05) is 15.9 Å². The molecule has 0 unspecified atom stereocenters. The third kappa shape index (κ3) is 3.00. The van der Waals surface area contributed by atoms with Gasteiger partial charge in [-0.3, -0.25) is 9.78 Å². The number of allylic oxidation sites excluding steroid dienone is 1. The van der Waals surface area contributed by atoms with Crippen LogP contribution in [-0.2, 0) is 4.79 Å². The van der Waals surface area contributed by atoms with E-state index in [0.29, 0.717) is 0 Å². The fourth-order valence-corrected chi connectivity index (χ4v) is 3.12. The van der Waals surface area contributed by atoms with Crippen molar-refractivity contribution < 1.29 is 4.79 Å². The number of rotatable bonds is 2. The lowest BCUT2D eigenvalue weighted by atomic mass is 10.0. The zero-order valence-electron chi connectivity index (χ0n) is 12.0. The largest absolute Gasteiger partial charge is 0.339 e. The third-order valence-electron chi connectivity index (χ3n) is 3.89. The number of nitrogens with zero attached hydrogens (tertiary/aromatic N) is 2. The zero-order valence-corrected chi connectivity index (χ0v) is 13.6. The van der Waals surface area contributed by atoms with E-state index in [-0.39, 0.29) is 5.91 Å². The highest BCUT2D eigenvalue weighted by atomic mass is 79.9. The molecule has 1 fully saturated rings. The highest BCUT2D eigenvalue weighted by molar-refractivity contribution is 9.10. The van der Waals surface area contributed by atoms with Crippen LogP contribution in [0.25, 0.3) is 16.5 Å². The van der Waals surface area contributed by atoms with Gasteiger partial charge in [-0.25, -0.2) is 0 Å². The SMILES string of the molecule is C/C(=C\C(=O)N1CCCC1)c1ccnc2ccc(Br)cc12. The quantitative estimate of drug-likeness (QED) is 0.770. The Morgan fingerprint density at radius 2 is 2.05 bits per heavy atom. The molecule has 21 heavy (non-hydrogen) atoms. The van der Waals surface area contributed by atoms with E-state index in [1.54, 1.807) is 12.3 Å². The molecule has 0 radical (unpaired) electrons. The van der Waals surface area contributed by atoms with Crippen LogP contribution < -0.4 is 0 Å². The van der Waals surface area contributed by atoms with Crippen molar-refractivity contribution in [3.63, 3.8) is 0 Å². The molecule has 0 atom stereocenters. The molecule has 1 aromatic carbocycles. The number of halogens is 1. The number of likely N-dealkylation sites (tertiary alicyclic amines) is 1. The second-order valence-corrected chi connectivity index (χ2v) is 6.30. The summed E-state index contributed by atoms with van der Waals surface area (Å²) in [6, 6.07) is 7.99. The summed E-state index contributed by atoms with van der Waals surface area (Å²) >= 11 is 3.50. The summed E-state index contributed by atoms with van der Waals surface area (Å²) in [5.41, 5.74) is 2.99. The van der Waals surface area contributed by atoms with Crippen LogP contribution in [0.1, 0.15) is 25.3 Å². The van der Waals surface area contributed by atoms with Crippen LogP contribution in [0, 0.1) is 0 Å². The van der Waals surface area contributed by atoms with Gasteiger partial charge in [-0.15, -0.1) is 0 Å². The van der Waals surface area contributed by atoms with Crippen molar-refractivity contribution in [1.82, 2.24) is 9.88 Å². The van der Waals surface area contributed by atoms with E-state index in [1.165, 1.54) is 0 Å². The molecule has 1 amide bonds. The van der Waals surface area contributed by atoms with E-state index in [4.69, 9.17) is 0 Å². The first-order valence-electron chi connectivity index (χ1n) is 7.17. The van der Waals surface area contributed by atoms with Gasteiger partial charge in [0.2, 0.25) is 5.91 Å². The predicted molar refractivity (Wildman–Crippen MR) is 88.9 cm³/mol. The van der Waals surface area contributed by atoms with Crippen LogP contribution in [0.5, 0.6) is 0 Å². The lowest BCUT2D eigenvalue weighted by Crippen LogP contribution is -2.25. The molecular formula is C17H17BrN2O. The van der Waals surface area contributed by atoms with Crippen molar-refractivity contribution in [2.45, 2.75) is 19.8 Å². The molecular weight excluding hydrogens is 328 g/mol. The zero-order chi connectivity index (χ0) is 14.8. The maximum Gasteiger partial charge on any atom is 0.246 e. The number of carbonyl (C=O) groups is 1. The number of hydrogen-bond donors (Lipinski definition) is 0. The summed E-state index contributed by atoms with van der Waals surface area (Å²) in [5, 5.41) is 1.06. The lowest BCUT2D eigenvalue weighted by Gasteiger charge is -2.13. The molecule has 1 aliphatic heterocycles. The molecule has 1 aliphatic rings. The summed E-state index contributed by atoms with van der Waals surface area (Å²) in [6.45, 7) is 3.75. The van der Waals surface area contributed by atoms with E-state index in [0.717, 1.165) is 52.4 Å². The van der Waals surface area contributed by atoms with Crippen molar-refractivity contribution >= 4 is 38.3 Å². The maximum absolute atomic E-state index is 12.3. The van der Waals surface area contributed by atoms with Gasteiger partial charge in [0.05, 0.1) is 5.52 Å². The summed E-state index contributed by atoms with van der Waals surface area (Å²) in [6.07, 6.45) is 5.78. The fraction of sp³-hybridized carbons (Fsp3) is 0.294. The highest BCUT2D eigenvalue weighted by Crippen LogP contribution is 2.26. The number of pyridine rings is 1. The average Bonchev–Trinajstić information content (AvgIpc) is 3.00. The minimum Gasteiger partial charge on any atom is -0.339 e. The van der Waals surface area contributed by atoms with Crippen LogP contribution in [-0.4, -0.2) is 28.9 Å². The summed E-state index contributed by atoms with van der Waals surface area (Å²) in [5.74, 6) is 0.116. The molecule has 1 saturated heterocycles. The van der Waals surface area contributed by atoms with E-state index in [9.17, 15) is 4.79 Å². The number of amides is 1. The molecule has 2 heterocycles. The monoisotopic (exact) mass is 344 g/mol. The highest BCUT2D eigenvalue weighted by Gasteiger charge is 2.16. The normalized spacial score (nSPS) is 15.7. The van der Waals surface area contributed by atoms with Gasteiger partial charge >= 0.3 is 0 Å². The maximum atomic E-state index is 12.3. The Morgan fingerprint density at radius 1 is 1.29 bits per heavy atom. The Morgan fingerprint density at radius 3 is 2.81 bits per heavy atom. The van der Waals surface area contributed by atoms with E-state index in [2.05, 4.69) is 27.0 Å². The Hall–Kier alpha value is -1.68. The van der Waals surface area contributed by atoms with Crippen LogP contribution in [0.4, 0.5) is 0 Å². The average molecular weight is 345 g/mol. The summed E-state index contributed by atoms with van der Waals surface area (Å²) in [4.78, 5) is 18.6. The van der Waals surface area contributed by atoms with Crippen LogP contribution in [0.2, 0.25) is 0 Å². The first-order chi connectivity index (χ1) is 10.1. The van der Waals surface area contributed by atoms with Crippen molar-refractivity contribution in [2.75, 3.05) is 13.1 Å². The second-order valence-electron chi connectivity index (χ2n) is 5.38. The Balaban J connectivity index is 1.99. The molecule has 3 rings (SSSR count). The van der Waals surface area contributed by atoms with Crippen molar-refractivity contribution in [1.29, 1.82) is 0 Å². The molecule has 0 saturated carbocycles. The molecule has 4 heteroatoms. The van der Waals surface area contributed by atoms with Gasteiger partial charge in [-0.2, -0.15) is 0 Å². The number of hydrogen-bond acceptors (Lipinski definition) is 2. The van der Waals surface area contributed by atoms with Crippen molar-refractivity contribution in [3.05, 3.63) is 46.6 Å². The van der Waals surface area contributed by atoms with Gasteiger partial charge < -0.3 is 4.90 Å². The number of aromatic nitrogens is 1. The van der Waals surface area contributed by atoms with Gasteiger partial charge in [-0.05, 0) is 55.2 Å². The van der Waals surface area contributed by atoms with Gasteiger partial charge in [0, 0.05) is 35.2 Å². The first kappa shape index (κ1) is 14.3. The second kappa shape index (κ2) is 5.98. The molecule has 0 spiro atoms. The standard InChI is InChI=1S/C17H17BrN2O/c1-12(10-17(21)20-8-2-3-9-20)14-6-7-19-16-5-4-13(18)11-15(14)16/h4-7,10-11H,2-3,8-9H2,1H3/b12-10+. The van der Waals surface area contributed by atoms with Crippen molar-refractivity contribution in [2.24, 2.45) is 0 Å². The van der Waals surface area contributed by atoms with Crippen molar-refractivity contribution in [3.8, 4) is 0 Å². The summed E-state index contributed by atoms with van der Waals surface area (Å²) in [7, 11) is 0. The molecule has 1 aromatic heterocycles. The Labute approximate surface area is 132 Å². The lowest BCUT2D eigenvalue weighted by molar-refractivity contribution is -0.124. The van der Waals surface area contributed by atoms with Gasteiger partial charge in [0.1, 0.15) is 0 Å². The molecule has 108 valence electrons. The number of benzene rings is 1. The van der Waals surface area contributed by atoms with Gasteiger partial charge in [0.25, 0.3) is 0 Å².